The highest BCUT2D eigenvalue weighted by molar-refractivity contribution is 6.13. The minimum absolute atomic E-state index is 0.0591. The maximum absolute atomic E-state index is 14.9. The standard InChI is InChI=1S/C27H23FN6O2/c1-16-24-19(15-21(30-27(24)36-33-16)17-8-4-2-5-9-17)26(35)29-22-14-18(11-12-20(22)28)25-32-31-23-10-6-3-7-13-34(23)25/h2,4-5,8-9,11-12,14-15H,3,6-7,10,13H2,1H3,(H,29,35). The number of pyridine rings is 1. The third-order valence-electron chi connectivity index (χ3n) is 6.51. The molecule has 0 saturated heterocycles. The summed E-state index contributed by atoms with van der Waals surface area (Å²) < 4.78 is 22.3. The highest BCUT2D eigenvalue weighted by Crippen LogP contribution is 2.30. The molecule has 0 spiro atoms. The summed E-state index contributed by atoms with van der Waals surface area (Å²) in [6.07, 6.45) is 4.14. The summed E-state index contributed by atoms with van der Waals surface area (Å²) in [5.74, 6) is 0.586. The molecule has 1 aliphatic heterocycles. The molecule has 1 N–H and O–H groups in total. The van der Waals surface area contributed by atoms with Gasteiger partial charge in [-0.05, 0) is 44.0 Å². The van der Waals surface area contributed by atoms with E-state index in [1.807, 2.05) is 30.3 Å². The van der Waals surface area contributed by atoms with E-state index in [9.17, 15) is 9.18 Å². The average Bonchev–Trinajstić information content (AvgIpc) is 3.40. The molecule has 6 rings (SSSR count). The van der Waals surface area contributed by atoms with Crippen molar-refractivity contribution in [1.82, 2.24) is 24.9 Å². The van der Waals surface area contributed by atoms with E-state index in [4.69, 9.17) is 4.52 Å². The van der Waals surface area contributed by atoms with Crippen LogP contribution >= 0.6 is 0 Å². The molecule has 1 amide bonds. The van der Waals surface area contributed by atoms with E-state index in [1.165, 1.54) is 6.07 Å². The van der Waals surface area contributed by atoms with Crippen LogP contribution in [0.2, 0.25) is 0 Å². The second kappa shape index (κ2) is 8.99. The lowest BCUT2D eigenvalue weighted by molar-refractivity contribution is 0.102. The first-order chi connectivity index (χ1) is 17.6. The number of nitrogens with one attached hydrogen (secondary N) is 1. The smallest absolute Gasteiger partial charge is 0.259 e. The lowest BCUT2D eigenvalue weighted by atomic mass is 10.0. The van der Waals surface area contributed by atoms with Crippen LogP contribution in [-0.4, -0.2) is 30.8 Å². The molecule has 4 heterocycles. The van der Waals surface area contributed by atoms with Gasteiger partial charge in [-0.25, -0.2) is 9.37 Å². The fourth-order valence-electron chi connectivity index (χ4n) is 4.68. The highest BCUT2D eigenvalue weighted by atomic mass is 19.1. The molecule has 36 heavy (non-hydrogen) atoms. The predicted octanol–water partition coefficient (Wildman–Crippen LogP) is 5.57. The molecule has 0 atom stereocenters. The number of fused-ring (bicyclic) bond motifs is 2. The van der Waals surface area contributed by atoms with Crippen LogP contribution in [0.5, 0.6) is 0 Å². The van der Waals surface area contributed by atoms with Crippen LogP contribution in [0.3, 0.4) is 0 Å². The number of anilines is 1. The number of hydrogen-bond acceptors (Lipinski definition) is 6. The second-order valence-electron chi connectivity index (χ2n) is 8.92. The Balaban J connectivity index is 1.38. The number of halogens is 1. The van der Waals surface area contributed by atoms with E-state index in [0.29, 0.717) is 33.7 Å². The minimum atomic E-state index is -0.543. The number of aryl methyl sites for hydroxylation is 2. The van der Waals surface area contributed by atoms with Crippen LogP contribution in [0.1, 0.15) is 41.1 Å². The Bertz CT molecular complexity index is 1590. The second-order valence-corrected chi connectivity index (χ2v) is 8.92. The van der Waals surface area contributed by atoms with Crippen molar-refractivity contribution < 1.29 is 13.7 Å². The monoisotopic (exact) mass is 482 g/mol. The predicted molar refractivity (Wildman–Crippen MR) is 133 cm³/mol. The Morgan fingerprint density at radius 1 is 1.03 bits per heavy atom. The van der Waals surface area contributed by atoms with Crippen molar-refractivity contribution in [1.29, 1.82) is 0 Å². The molecule has 0 radical (unpaired) electrons. The van der Waals surface area contributed by atoms with Gasteiger partial charge in [-0.2, -0.15) is 0 Å². The van der Waals surface area contributed by atoms with E-state index in [1.54, 1.807) is 25.1 Å². The number of carbonyl (C=O) groups is 1. The summed E-state index contributed by atoms with van der Waals surface area (Å²) in [5, 5.41) is 15.9. The average molecular weight is 483 g/mol. The quantitative estimate of drug-likeness (QED) is 0.359. The van der Waals surface area contributed by atoms with Gasteiger partial charge in [-0.1, -0.05) is 41.9 Å². The third-order valence-corrected chi connectivity index (χ3v) is 6.51. The molecule has 0 aliphatic carbocycles. The molecule has 0 bridgehead atoms. The summed E-state index contributed by atoms with van der Waals surface area (Å²) >= 11 is 0. The molecule has 2 aromatic carbocycles. The topological polar surface area (TPSA) is 98.7 Å². The zero-order chi connectivity index (χ0) is 24.6. The fourth-order valence-corrected chi connectivity index (χ4v) is 4.68. The maximum atomic E-state index is 14.9. The molecule has 0 fully saturated rings. The molecule has 3 aromatic heterocycles. The fraction of sp³-hybridized carbons (Fsp3) is 0.222. The van der Waals surface area contributed by atoms with Gasteiger partial charge in [0.2, 0.25) is 0 Å². The third kappa shape index (κ3) is 3.92. The minimum Gasteiger partial charge on any atom is -0.335 e. The largest absolute Gasteiger partial charge is 0.335 e. The molecule has 5 aromatic rings. The Hall–Kier alpha value is -4.40. The Morgan fingerprint density at radius 2 is 1.89 bits per heavy atom. The van der Waals surface area contributed by atoms with E-state index >= 15 is 0 Å². The number of benzene rings is 2. The van der Waals surface area contributed by atoms with Gasteiger partial charge in [0.05, 0.1) is 28.0 Å². The Labute approximate surface area is 206 Å². The van der Waals surface area contributed by atoms with Gasteiger partial charge < -0.3 is 14.4 Å². The van der Waals surface area contributed by atoms with Crippen molar-refractivity contribution >= 4 is 22.7 Å². The van der Waals surface area contributed by atoms with Gasteiger partial charge in [-0.15, -0.1) is 10.2 Å². The molecule has 8 nitrogen and oxygen atoms in total. The number of nitrogens with zero attached hydrogens (tertiary/aromatic N) is 5. The van der Waals surface area contributed by atoms with Gasteiger partial charge >= 0.3 is 0 Å². The number of carbonyl (C=O) groups excluding carboxylic acids is 1. The van der Waals surface area contributed by atoms with Crippen molar-refractivity contribution in [2.24, 2.45) is 0 Å². The first kappa shape index (κ1) is 22.1. The van der Waals surface area contributed by atoms with Crippen molar-refractivity contribution in [3.63, 3.8) is 0 Å². The lowest BCUT2D eigenvalue weighted by Gasteiger charge is -2.11. The van der Waals surface area contributed by atoms with Gasteiger partial charge in [0.25, 0.3) is 11.6 Å². The van der Waals surface area contributed by atoms with E-state index in [2.05, 4.69) is 30.2 Å². The summed E-state index contributed by atoms with van der Waals surface area (Å²) in [7, 11) is 0. The normalized spacial score (nSPS) is 13.4. The zero-order valence-electron chi connectivity index (χ0n) is 19.7. The van der Waals surface area contributed by atoms with Crippen LogP contribution in [0.15, 0.2) is 59.1 Å². The first-order valence-corrected chi connectivity index (χ1v) is 11.9. The molecule has 0 saturated carbocycles. The van der Waals surface area contributed by atoms with Crippen molar-refractivity contribution in [2.75, 3.05) is 5.32 Å². The first-order valence-electron chi connectivity index (χ1n) is 11.9. The molecule has 1 aliphatic rings. The van der Waals surface area contributed by atoms with Gasteiger partial charge in [-0.3, -0.25) is 4.79 Å². The van der Waals surface area contributed by atoms with Crippen LogP contribution in [0.25, 0.3) is 33.7 Å². The number of rotatable bonds is 4. The zero-order valence-corrected chi connectivity index (χ0v) is 19.7. The molecular formula is C27H23FN6O2. The summed E-state index contributed by atoms with van der Waals surface area (Å²) in [5.41, 5.74) is 3.22. The van der Waals surface area contributed by atoms with Gasteiger partial charge in [0, 0.05) is 24.1 Å². The van der Waals surface area contributed by atoms with E-state index < -0.39 is 11.7 Å². The van der Waals surface area contributed by atoms with Gasteiger partial charge in [0.15, 0.2) is 5.82 Å². The van der Waals surface area contributed by atoms with Crippen LogP contribution < -0.4 is 5.32 Å². The summed E-state index contributed by atoms with van der Waals surface area (Å²) in [6, 6.07) is 15.7. The van der Waals surface area contributed by atoms with E-state index in [0.717, 1.165) is 43.6 Å². The molecule has 9 heteroatoms. The molecule has 0 unspecified atom stereocenters. The van der Waals surface area contributed by atoms with Crippen LogP contribution in [-0.2, 0) is 13.0 Å². The van der Waals surface area contributed by atoms with Crippen molar-refractivity contribution in [3.05, 3.63) is 77.5 Å². The molecule has 180 valence electrons. The van der Waals surface area contributed by atoms with Crippen LogP contribution in [0.4, 0.5) is 10.1 Å². The number of amides is 1. The van der Waals surface area contributed by atoms with Crippen molar-refractivity contribution in [3.8, 4) is 22.6 Å². The SMILES string of the molecule is Cc1noc2nc(-c3ccccc3)cc(C(=O)Nc3cc(-c4nnc5n4CCCCC5)ccc3F)c12. The van der Waals surface area contributed by atoms with Crippen LogP contribution in [0, 0.1) is 12.7 Å². The van der Waals surface area contributed by atoms with Gasteiger partial charge in [0.1, 0.15) is 11.6 Å². The lowest BCUT2D eigenvalue weighted by Crippen LogP contribution is -2.14. The summed E-state index contributed by atoms with van der Waals surface area (Å²) in [6.45, 7) is 2.56. The number of hydrogen-bond donors (Lipinski definition) is 1. The Morgan fingerprint density at radius 3 is 2.75 bits per heavy atom. The highest BCUT2D eigenvalue weighted by Gasteiger charge is 2.22. The van der Waals surface area contributed by atoms with E-state index in [-0.39, 0.29) is 11.4 Å². The summed E-state index contributed by atoms with van der Waals surface area (Å²) in [4.78, 5) is 18.0. The van der Waals surface area contributed by atoms with Crippen molar-refractivity contribution in [2.45, 2.75) is 39.2 Å². The Kier molecular flexibility index (Phi) is 5.52. The molecular weight excluding hydrogens is 459 g/mol. The maximum Gasteiger partial charge on any atom is 0.259 e. The number of aromatic nitrogens is 5.